The molecule has 0 fully saturated rings. The number of nitrogens with zero attached hydrogens (tertiary/aromatic N) is 6. The fraction of sp³-hybridized carbons (Fsp3) is 0. The van der Waals surface area contributed by atoms with Crippen LogP contribution in [-0.2, 0) is 19.4 Å². The summed E-state index contributed by atoms with van der Waals surface area (Å²) in [7, 11) is 0. The van der Waals surface area contributed by atoms with E-state index in [4.69, 9.17) is 4.98 Å². The first-order valence-corrected chi connectivity index (χ1v) is 23.1. The Kier molecular flexibility index (Phi) is 10.00. The van der Waals surface area contributed by atoms with Crippen LogP contribution in [0.4, 0.5) is 17.1 Å². The van der Waals surface area contributed by atoms with Crippen LogP contribution in [-0.4, -0.2) is 23.7 Å². The maximum atomic E-state index is 5.04. The van der Waals surface area contributed by atoms with Gasteiger partial charge in [0.25, 0.3) is 0 Å². The molecule has 6 nitrogen and oxygen atoms in total. The Labute approximate surface area is 393 Å². The van der Waals surface area contributed by atoms with Crippen molar-refractivity contribution in [3.63, 3.8) is 0 Å². The molecule has 12 rings (SSSR count). The summed E-state index contributed by atoms with van der Waals surface area (Å²) in [6, 6.07) is 81.9. The van der Waals surface area contributed by atoms with Gasteiger partial charge in [-0.05, 0) is 18.2 Å². The Morgan fingerprint density at radius 2 is 0.970 bits per heavy atom. The van der Waals surface area contributed by atoms with E-state index in [0.717, 1.165) is 76.8 Å². The molecule has 0 N–H and O–H groups in total. The Bertz CT molecular complexity index is 3710. The predicted molar refractivity (Wildman–Crippen MR) is 267 cm³/mol. The van der Waals surface area contributed by atoms with Gasteiger partial charge in [-0.2, -0.15) is 0 Å². The van der Waals surface area contributed by atoms with Crippen LogP contribution < -0.4 is 4.90 Å². The number of hydrogen-bond donors (Lipinski definition) is 0. The molecule has 0 spiro atoms. The van der Waals surface area contributed by atoms with E-state index in [0.29, 0.717) is 0 Å². The summed E-state index contributed by atoms with van der Waals surface area (Å²) in [6.07, 6.45) is 3.74. The van der Waals surface area contributed by atoms with Gasteiger partial charge >= 0.3 is 330 Å². The number of aromatic nitrogens is 5. The third kappa shape index (κ3) is 6.82. The molecule has 8 aromatic carbocycles. The fourth-order valence-corrected chi connectivity index (χ4v) is 10.5. The number of rotatable bonds is 9. The number of anilines is 3. The summed E-state index contributed by atoms with van der Waals surface area (Å²) in [5.41, 5.74) is 16.3. The van der Waals surface area contributed by atoms with Crippen LogP contribution in [0.1, 0.15) is 0 Å². The first-order chi connectivity index (χ1) is 32.7. The van der Waals surface area contributed by atoms with Crippen LogP contribution >= 0.6 is 0 Å². The van der Waals surface area contributed by atoms with Crippen LogP contribution in [0.3, 0.4) is 0 Å². The molecule has 7 heteroatoms. The van der Waals surface area contributed by atoms with Gasteiger partial charge in [-0.25, -0.2) is 0 Å². The predicted octanol–water partition coefficient (Wildman–Crippen LogP) is 14.9. The SMILES string of the molecule is [Pt]=[c]1n(-c2cccc(N(c3ccccc3)c3ccc4c5ccccc5n(-c5ccc(-c6ccccn6)cn5)c4c3)c2)c2ccccc2n1-c1c(-c2ccccc2)cccc1-c1ccccc1. The van der Waals surface area contributed by atoms with Crippen molar-refractivity contribution < 1.29 is 19.4 Å². The van der Waals surface area contributed by atoms with Gasteiger partial charge in [-0.3, -0.25) is 4.98 Å². The van der Waals surface area contributed by atoms with Gasteiger partial charge in [0, 0.05) is 18.0 Å². The van der Waals surface area contributed by atoms with Crippen molar-refractivity contribution in [2.24, 2.45) is 0 Å². The molecule has 0 aliphatic rings. The summed E-state index contributed by atoms with van der Waals surface area (Å²) in [5.74, 6) is 0.845. The molecule has 0 saturated carbocycles. The Morgan fingerprint density at radius 3 is 1.65 bits per heavy atom. The number of benzene rings is 8. The number of imidazole rings is 1. The zero-order valence-corrected chi connectivity index (χ0v) is 37.9. The topological polar surface area (TPSA) is 43.8 Å². The second kappa shape index (κ2) is 16.7. The Hall–Kier alpha value is -8.18. The van der Waals surface area contributed by atoms with Crippen molar-refractivity contribution in [3.05, 3.63) is 247 Å². The Morgan fingerprint density at radius 1 is 0.379 bits per heavy atom. The fourth-order valence-electron chi connectivity index (χ4n) is 9.40. The van der Waals surface area contributed by atoms with Gasteiger partial charge in [0.15, 0.2) is 0 Å². The molecule has 4 aromatic heterocycles. The Balaban J connectivity index is 1.04. The van der Waals surface area contributed by atoms with Gasteiger partial charge in [-0.1, -0.05) is 18.2 Å². The molecule has 0 amide bonds. The molecule has 0 bridgehead atoms. The monoisotopic (exact) mass is 1030 g/mol. The van der Waals surface area contributed by atoms with Crippen LogP contribution in [0.5, 0.6) is 0 Å². The van der Waals surface area contributed by atoms with Crippen LogP contribution in [0.25, 0.3) is 83.5 Å². The van der Waals surface area contributed by atoms with E-state index in [1.54, 1.807) is 0 Å². The molecule has 66 heavy (non-hydrogen) atoms. The van der Waals surface area contributed by atoms with Gasteiger partial charge in [0.1, 0.15) is 0 Å². The second-order valence-electron chi connectivity index (χ2n) is 16.2. The van der Waals surface area contributed by atoms with E-state index in [-0.39, 0.29) is 0 Å². The molecule has 12 aromatic rings. The molecule has 0 aliphatic carbocycles. The van der Waals surface area contributed by atoms with Crippen LogP contribution in [0, 0.1) is 3.80 Å². The van der Waals surface area contributed by atoms with E-state index in [2.05, 4.69) is 255 Å². The van der Waals surface area contributed by atoms with E-state index < -0.39 is 0 Å². The average Bonchev–Trinajstić information content (AvgIpc) is 3.88. The van der Waals surface area contributed by atoms with Crippen molar-refractivity contribution in [1.29, 1.82) is 0 Å². The molecule has 0 radical (unpaired) electrons. The van der Waals surface area contributed by atoms with Crippen molar-refractivity contribution >= 4 is 49.9 Å². The van der Waals surface area contributed by atoms with Crippen molar-refractivity contribution in [2.75, 3.05) is 4.90 Å². The summed E-state index contributed by atoms with van der Waals surface area (Å²) < 4.78 is 8.17. The molecule has 316 valence electrons. The standard InChI is InChI=1S/C59H40N6.Pt/c1-4-18-42(19-5-1)49-27-17-28-50(43-20-6-2-7-21-43)59(49)63-41-62(55-31-12-13-32-56(55)63)46-24-16-25-47(38-46)64(45-22-8-3-9-23-45)48-34-35-52-51-26-10-11-30-54(51)65(57(52)39-48)58-36-33-44(40-61-58)53-29-14-15-37-60-53;/h1-40H;. The van der Waals surface area contributed by atoms with E-state index in [1.165, 1.54) is 27.6 Å². The van der Waals surface area contributed by atoms with Crippen LogP contribution in [0.15, 0.2) is 243 Å². The van der Waals surface area contributed by atoms with Crippen molar-refractivity contribution in [2.45, 2.75) is 0 Å². The summed E-state index contributed by atoms with van der Waals surface area (Å²) in [4.78, 5) is 12.0. The molecular formula is C59H40N6Pt. The summed E-state index contributed by atoms with van der Waals surface area (Å²) in [6.45, 7) is 0. The molecule has 0 unspecified atom stereocenters. The quantitative estimate of drug-likeness (QED) is 0.145. The first kappa shape index (κ1) is 39.4. The van der Waals surface area contributed by atoms with Crippen molar-refractivity contribution in [3.8, 4) is 50.7 Å². The van der Waals surface area contributed by atoms with E-state index in [1.807, 2.05) is 30.6 Å². The molecule has 0 atom stereocenters. The second-order valence-corrected chi connectivity index (χ2v) is 17.2. The summed E-state index contributed by atoms with van der Waals surface area (Å²) >= 11 is 2.53. The first-order valence-electron chi connectivity index (χ1n) is 22.0. The van der Waals surface area contributed by atoms with Gasteiger partial charge in [0.05, 0.1) is 5.69 Å². The van der Waals surface area contributed by atoms with Gasteiger partial charge < -0.3 is 0 Å². The van der Waals surface area contributed by atoms with E-state index >= 15 is 0 Å². The number of fused-ring (bicyclic) bond motifs is 4. The third-order valence-electron chi connectivity index (χ3n) is 12.3. The minimum atomic E-state index is 0.845. The molecular weight excluding hydrogens is 988 g/mol. The van der Waals surface area contributed by atoms with Gasteiger partial charge in [0.2, 0.25) is 0 Å². The van der Waals surface area contributed by atoms with E-state index in [9.17, 15) is 0 Å². The number of hydrogen-bond acceptors (Lipinski definition) is 3. The molecule has 0 saturated heterocycles. The average molecular weight is 1030 g/mol. The van der Waals surface area contributed by atoms with Gasteiger partial charge in [-0.15, -0.1) is 0 Å². The third-order valence-corrected chi connectivity index (χ3v) is 13.4. The summed E-state index contributed by atoms with van der Waals surface area (Å²) in [5, 5.41) is 2.34. The number of para-hydroxylation sites is 5. The minimum absolute atomic E-state index is 0.845. The maximum absolute atomic E-state index is 5.04. The normalized spacial score (nSPS) is 11.4. The molecule has 4 heterocycles. The number of pyridine rings is 2. The zero-order valence-electron chi connectivity index (χ0n) is 35.6. The van der Waals surface area contributed by atoms with Crippen LogP contribution in [0.2, 0.25) is 0 Å². The molecule has 0 aliphatic heterocycles. The van der Waals surface area contributed by atoms with Crippen molar-refractivity contribution in [1.82, 2.24) is 23.7 Å². The zero-order chi connectivity index (χ0) is 44.0.